The number of aliphatic hydroxyl groups excluding tert-OH is 1. The van der Waals surface area contributed by atoms with Gasteiger partial charge in [-0.05, 0) is 23.8 Å². The van der Waals surface area contributed by atoms with Crippen molar-refractivity contribution < 1.29 is 14.6 Å². The summed E-state index contributed by atoms with van der Waals surface area (Å²) in [5.74, 6) is -0.127. The minimum atomic E-state index is -0.127. The highest BCUT2D eigenvalue weighted by Gasteiger charge is 2.09. The molecule has 21 heavy (non-hydrogen) atoms. The number of carbonyl (C=O) groups excluding carboxylic acids is 1. The zero-order valence-corrected chi connectivity index (χ0v) is 13.0. The van der Waals surface area contributed by atoms with Crippen molar-refractivity contribution in [1.29, 1.82) is 0 Å². The Labute approximate surface area is 126 Å². The Morgan fingerprint density at radius 1 is 1.24 bits per heavy atom. The predicted molar refractivity (Wildman–Crippen MR) is 85.3 cm³/mol. The van der Waals surface area contributed by atoms with E-state index in [1.807, 2.05) is 43.3 Å². The number of ether oxygens (including phenoxy) is 1. The van der Waals surface area contributed by atoms with Crippen molar-refractivity contribution in [2.24, 2.45) is 0 Å². The Balaban J connectivity index is 2.65. The van der Waals surface area contributed by atoms with Crippen molar-refractivity contribution in [3.63, 3.8) is 0 Å². The Hall–Kier alpha value is -1.85. The van der Waals surface area contributed by atoms with E-state index in [0.29, 0.717) is 19.7 Å². The second kappa shape index (κ2) is 9.15. The van der Waals surface area contributed by atoms with Crippen LogP contribution in [0.3, 0.4) is 0 Å². The molecule has 0 aliphatic rings. The van der Waals surface area contributed by atoms with Gasteiger partial charge in [0, 0.05) is 46.1 Å². The summed E-state index contributed by atoms with van der Waals surface area (Å²) in [6.07, 6.45) is 3.30. The molecule has 0 atom stereocenters. The lowest BCUT2D eigenvalue weighted by Gasteiger charge is -2.19. The fraction of sp³-hybridized carbons (Fsp3) is 0.438. The fourth-order valence-corrected chi connectivity index (χ4v) is 1.81. The smallest absolute Gasteiger partial charge is 0.246 e. The van der Waals surface area contributed by atoms with Gasteiger partial charge in [0.05, 0.1) is 13.2 Å². The van der Waals surface area contributed by atoms with E-state index in [9.17, 15) is 4.79 Å². The molecule has 116 valence electrons. The molecule has 0 aliphatic heterocycles. The van der Waals surface area contributed by atoms with Gasteiger partial charge >= 0.3 is 0 Å². The molecule has 0 bridgehead atoms. The number of benzene rings is 1. The van der Waals surface area contributed by atoms with Crippen LogP contribution in [0.4, 0.5) is 5.69 Å². The standard InChI is InChI=1S/C16H24N2O3/c1-17(2)15-7-4-14(5-8-15)6-9-16(20)18(10-12-19)11-13-21-3/h4-9,19H,10-13H2,1-3H3/b9-6+. The number of anilines is 1. The fourth-order valence-electron chi connectivity index (χ4n) is 1.81. The minimum Gasteiger partial charge on any atom is -0.395 e. The van der Waals surface area contributed by atoms with Crippen LogP contribution in [-0.2, 0) is 9.53 Å². The second-order valence-electron chi connectivity index (χ2n) is 4.86. The van der Waals surface area contributed by atoms with Crippen LogP contribution in [0.5, 0.6) is 0 Å². The lowest BCUT2D eigenvalue weighted by atomic mass is 10.2. The number of aliphatic hydroxyl groups is 1. The minimum absolute atomic E-state index is 0.0547. The second-order valence-corrected chi connectivity index (χ2v) is 4.86. The summed E-state index contributed by atoms with van der Waals surface area (Å²) in [7, 11) is 5.55. The first-order chi connectivity index (χ1) is 10.1. The van der Waals surface area contributed by atoms with Gasteiger partial charge in [-0.3, -0.25) is 4.79 Å². The first kappa shape index (κ1) is 17.2. The number of amides is 1. The SMILES string of the molecule is COCCN(CCO)C(=O)/C=C/c1ccc(N(C)C)cc1. The molecular weight excluding hydrogens is 268 g/mol. The summed E-state index contributed by atoms with van der Waals surface area (Å²) in [5.41, 5.74) is 2.07. The molecule has 5 nitrogen and oxygen atoms in total. The van der Waals surface area contributed by atoms with Crippen LogP contribution in [0, 0.1) is 0 Å². The van der Waals surface area contributed by atoms with E-state index in [0.717, 1.165) is 11.3 Å². The Morgan fingerprint density at radius 3 is 2.43 bits per heavy atom. The molecule has 0 saturated carbocycles. The van der Waals surface area contributed by atoms with Crippen LogP contribution >= 0.6 is 0 Å². The summed E-state index contributed by atoms with van der Waals surface area (Å²) >= 11 is 0. The molecule has 1 aromatic rings. The third-order valence-electron chi connectivity index (χ3n) is 3.07. The topological polar surface area (TPSA) is 53.0 Å². The highest BCUT2D eigenvalue weighted by atomic mass is 16.5. The van der Waals surface area contributed by atoms with Crippen LogP contribution in [0.2, 0.25) is 0 Å². The van der Waals surface area contributed by atoms with Crippen LogP contribution in [0.15, 0.2) is 30.3 Å². The molecule has 1 rings (SSSR count). The molecule has 0 heterocycles. The third-order valence-corrected chi connectivity index (χ3v) is 3.07. The first-order valence-electron chi connectivity index (χ1n) is 6.92. The van der Waals surface area contributed by atoms with Gasteiger partial charge in [0.15, 0.2) is 0 Å². The van der Waals surface area contributed by atoms with E-state index >= 15 is 0 Å². The zero-order valence-electron chi connectivity index (χ0n) is 13.0. The molecular formula is C16H24N2O3. The molecule has 0 aromatic heterocycles. The lowest BCUT2D eigenvalue weighted by Crippen LogP contribution is -2.34. The van der Waals surface area contributed by atoms with E-state index in [1.165, 1.54) is 6.08 Å². The monoisotopic (exact) mass is 292 g/mol. The van der Waals surface area contributed by atoms with E-state index in [4.69, 9.17) is 9.84 Å². The van der Waals surface area contributed by atoms with Crippen LogP contribution in [0.1, 0.15) is 5.56 Å². The van der Waals surface area contributed by atoms with Crippen LogP contribution in [0.25, 0.3) is 6.08 Å². The molecule has 0 unspecified atom stereocenters. The largest absolute Gasteiger partial charge is 0.395 e. The van der Waals surface area contributed by atoms with Gasteiger partial charge in [0.1, 0.15) is 0 Å². The zero-order chi connectivity index (χ0) is 15.7. The lowest BCUT2D eigenvalue weighted by molar-refractivity contribution is -0.127. The molecule has 0 saturated heterocycles. The molecule has 1 N–H and O–H groups in total. The highest BCUT2D eigenvalue weighted by molar-refractivity contribution is 5.91. The molecule has 5 heteroatoms. The summed E-state index contributed by atoms with van der Waals surface area (Å²) in [6, 6.07) is 7.93. The number of hydrogen-bond acceptors (Lipinski definition) is 4. The number of carbonyl (C=O) groups is 1. The average Bonchev–Trinajstić information content (AvgIpc) is 2.49. The van der Waals surface area contributed by atoms with Crippen molar-refractivity contribution in [3.05, 3.63) is 35.9 Å². The maximum atomic E-state index is 12.1. The van der Waals surface area contributed by atoms with Crippen molar-refractivity contribution in [2.45, 2.75) is 0 Å². The highest BCUT2D eigenvalue weighted by Crippen LogP contribution is 2.13. The summed E-state index contributed by atoms with van der Waals surface area (Å²) in [4.78, 5) is 15.6. The summed E-state index contributed by atoms with van der Waals surface area (Å²) in [6.45, 7) is 1.18. The van der Waals surface area contributed by atoms with Gasteiger partial charge in [-0.1, -0.05) is 12.1 Å². The van der Waals surface area contributed by atoms with Gasteiger partial charge < -0.3 is 19.6 Å². The van der Waals surface area contributed by atoms with E-state index in [2.05, 4.69) is 0 Å². The van der Waals surface area contributed by atoms with Gasteiger partial charge in [-0.25, -0.2) is 0 Å². The first-order valence-corrected chi connectivity index (χ1v) is 6.92. The van der Waals surface area contributed by atoms with Crippen LogP contribution < -0.4 is 4.90 Å². The molecule has 0 aliphatic carbocycles. The number of nitrogens with zero attached hydrogens (tertiary/aromatic N) is 2. The Bertz CT molecular complexity index is 455. The quantitative estimate of drug-likeness (QED) is 0.732. The maximum Gasteiger partial charge on any atom is 0.246 e. The Kier molecular flexibility index (Phi) is 7.50. The molecule has 1 aromatic carbocycles. The van der Waals surface area contributed by atoms with Crippen molar-refractivity contribution in [1.82, 2.24) is 4.90 Å². The van der Waals surface area contributed by atoms with Crippen LogP contribution in [-0.4, -0.2) is 63.4 Å². The summed E-state index contributed by atoms with van der Waals surface area (Å²) < 4.78 is 4.96. The maximum absolute atomic E-state index is 12.1. The Morgan fingerprint density at radius 2 is 1.90 bits per heavy atom. The number of rotatable bonds is 8. The molecule has 1 amide bonds. The average molecular weight is 292 g/mol. The summed E-state index contributed by atoms with van der Waals surface area (Å²) in [5, 5.41) is 8.99. The van der Waals surface area contributed by atoms with Gasteiger partial charge in [-0.2, -0.15) is 0 Å². The van der Waals surface area contributed by atoms with E-state index < -0.39 is 0 Å². The van der Waals surface area contributed by atoms with Crippen molar-refractivity contribution in [2.75, 3.05) is 52.4 Å². The van der Waals surface area contributed by atoms with E-state index in [1.54, 1.807) is 18.1 Å². The van der Waals surface area contributed by atoms with Gasteiger partial charge in [0.2, 0.25) is 5.91 Å². The predicted octanol–water partition coefficient (Wildman–Crippen LogP) is 1.23. The van der Waals surface area contributed by atoms with Gasteiger partial charge in [0.25, 0.3) is 0 Å². The van der Waals surface area contributed by atoms with Gasteiger partial charge in [-0.15, -0.1) is 0 Å². The third kappa shape index (κ3) is 5.97. The van der Waals surface area contributed by atoms with Crippen molar-refractivity contribution >= 4 is 17.7 Å². The van der Waals surface area contributed by atoms with Crippen molar-refractivity contribution in [3.8, 4) is 0 Å². The normalized spacial score (nSPS) is 10.9. The molecule has 0 spiro atoms. The molecule has 0 fully saturated rings. The number of methoxy groups -OCH3 is 1. The number of hydrogen-bond donors (Lipinski definition) is 1. The molecule has 0 radical (unpaired) electrons. The van der Waals surface area contributed by atoms with E-state index in [-0.39, 0.29) is 12.5 Å².